The molecule has 10 heteroatoms. The third-order valence-corrected chi connectivity index (χ3v) is 9.24. The first-order valence-electron chi connectivity index (χ1n) is 15.0. The molecule has 3 rings (SSSR count). The van der Waals surface area contributed by atoms with Crippen LogP contribution in [0.2, 0.25) is 0 Å². The van der Waals surface area contributed by atoms with Gasteiger partial charge in [-0.15, -0.1) is 0 Å². The molecule has 1 aliphatic carbocycles. The summed E-state index contributed by atoms with van der Waals surface area (Å²) in [4.78, 5) is 47.0. The van der Waals surface area contributed by atoms with Crippen molar-refractivity contribution in [3.63, 3.8) is 0 Å². The number of hydrogen-bond acceptors (Lipinski definition) is 7. The molecule has 1 saturated heterocycles. The lowest BCUT2D eigenvalue weighted by atomic mass is 9.95. The molecule has 8 nitrogen and oxygen atoms in total. The van der Waals surface area contributed by atoms with Crippen molar-refractivity contribution in [2.45, 2.75) is 90.8 Å². The average Bonchev–Trinajstić information content (AvgIpc) is 2.95. The van der Waals surface area contributed by atoms with Gasteiger partial charge in [0.15, 0.2) is 0 Å². The Hall–Kier alpha value is -2.17. The summed E-state index contributed by atoms with van der Waals surface area (Å²) in [6, 6.07) is 8.59. The predicted molar refractivity (Wildman–Crippen MR) is 169 cm³/mol. The third-order valence-electron chi connectivity index (χ3n) is 7.66. The van der Waals surface area contributed by atoms with Crippen LogP contribution in [0.25, 0.3) is 0 Å². The highest BCUT2D eigenvalue weighted by Crippen LogP contribution is 2.26. The van der Waals surface area contributed by atoms with Crippen molar-refractivity contribution in [3.05, 3.63) is 35.9 Å². The second-order valence-electron chi connectivity index (χ2n) is 12.1. The molecule has 2 atom stereocenters. The number of thioether (sulfide) groups is 1. The SMILES string of the molecule is COC(=O)[C@H](CC(C)C)N(CC(=O)NC1CCCCC1)C(=O)[C@H](Cc1ccccc1)N1CSC(=S)N(CC(C)C)C1. The van der Waals surface area contributed by atoms with Crippen LogP contribution in [0, 0.1) is 11.8 Å². The summed E-state index contributed by atoms with van der Waals surface area (Å²) < 4.78 is 6.02. The third kappa shape index (κ3) is 10.3. The maximum Gasteiger partial charge on any atom is 0.328 e. The molecular weight excluding hydrogens is 556 g/mol. The van der Waals surface area contributed by atoms with Crippen LogP contribution in [0.3, 0.4) is 0 Å². The zero-order valence-electron chi connectivity index (χ0n) is 25.3. The van der Waals surface area contributed by atoms with Gasteiger partial charge in [0.1, 0.15) is 16.9 Å². The van der Waals surface area contributed by atoms with E-state index < -0.39 is 18.1 Å². The second kappa shape index (κ2) is 16.5. The first-order chi connectivity index (χ1) is 19.6. The van der Waals surface area contributed by atoms with Crippen molar-refractivity contribution in [1.29, 1.82) is 0 Å². The fourth-order valence-corrected chi connectivity index (χ4v) is 6.80. The molecule has 1 N–H and O–H groups in total. The minimum atomic E-state index is -0.854. The molecule has 1 aromatic carbocycles. The fraction of sp³-hybridized carbons (Fsp3) is 0.677. The number of nitrogens with zero attached hydrogens (tertiary/aromatic N) is 3. The first-order valence-corrected chi connectivity index (χ1v) is 16.4. The summed E-state index contributed by atoms with van der Waals surface area (Å²) in [5.41, 5.74) is 1.02. The predicted octanol–water partition coefficient (Wildman–Crippen LogP) is 4.67. The molecule has 228 valence electrons. The Balaban J connectivity index is 1.95. The first kappa shape index (κ1) is 33.3. The summed E-state index contributed by atoms with van der Waals surface area (Å²) in [5, 5.41) is 3.14. The minimum Gasteiger partial charge on any atom is -0.467 e. The summed E-state index contributed by atoms with van der Waals surface area (Å²) in [5.74, 6) is 0.135. The van der Waals surface area contributed by atoms with Gasteiger partial charge in [-0.2, -0.15) is 0 Å². The smallest absolute Gasteiger partial charge is 0.328 e. The number of carbonyl (C=O) groups excluding carboxylic acids is 3. The van der Waals surface area contributed by atoms with Gasteiger partial charge >= 0.3 is 5.97 Å². The molecule has 0 unspecified atom stereocenters. The highest BCUT2D eigenvalue weighted by atomic mass is 32.2. The lowest BCUT2D eigenvalue weighted by Gasteiger charge is -2.43. The van der Waals surface area contributed by atoms with E-state index in [0.29, 0.717) is 31.3 Å². The van der Waals surface area contributed by atoms with Gasteiger partial charge in [0.05, 0.1) is 25.7 Å². The Morgan fingerprint density at radius 2 is 1.76 bits per heavy atom. The van der Waals surface area contributed by atoms with Gasteiger partial charge in [-0.3, -0.25) is 14.5 Å². The second-order valence-corrected chi connectivity index (χ2v) is 13.7. The molecule has 2 fully saturated rings. The van der Waals surface area contributed by atoms with Gasteiger partial charge in [0.2, 0.25) is 11.8 Å². The quantitative estimate of drug-likeness (QED) is 0.257. The van der Waals surface area contributed by atoms with E-state index in [2.05, 4.69) is 29.0 Å². The van der Waals surface area contributed by atoms with Crippen LogP contribution >= 0.6 is 24.0 Å². The highest BCUT2D eigenvalue weighted by molar-refractivity contribution is 8.22. The van der Waals surface area contributed by atoms with Gasteiger partial charge in [-0.1, -0.05) is 101 Å². The van der Waals surface area contributed by atoms with Crippen LogP contribution < -0.4 is 5.32 Å². The van der Waals surface area contributed by atoms with Crippen molar-refractivity contribution < 1.29 is 19.1 Å². The molecule has 41 heavy (non-hydrogen) atoms. The molecule has 0 radical (unpaired) electrons. The number of thiocarbonyl (C=S) groups is 1. The van der Waals surface area contributed by atoms with E-state index in [0.717, 1.165) is 42.1 Å². The van der Waals surface area contributed by atoms with E-state index in [-0.39, 0.29) is 30.3 Å². The van der Waals surface area contributed by atoms with Crippen LogP contribution in [-0.2, 0) is 25.5 Å². The molecule has 2 amide bonds. The number of methoxy groups -OCH3 is 1. The maximum atomic E-state index is 14.7. The zero-order chi connectivity index (χ0) is 29.9. The van der Waals surface area contributed by atoms with Gasteiger partial charge in [-0.25, -0.2) is 4.79 Å². The number of benzene rings is 1. The topological polar surface area (TPSA) is 82.2 Å². The number of ether oxygens (including phenoxy) is 1. The molecule has 1 saturated carbocycles. The molecule has 0 spiro atoms. The number of amides is 2. The van der Waals surface area contributed by atoms with Crippen LogP contribution in [0.5, 0.6) is 0 Å². The fourth-order valence-electron chi connectivity index (χ4n) is 5.66. The molecule has 1 aromatic rings. The maximum absolute atomic E-state index is 14.7. The number of carbonyl (C=O) groups is 3. The van der Waals surface area contributed by atoms with Crippen LogP contribution in [-0.4, -0.2) is 87.7 Å². The van der Waals surface area contributed by atoms with Crippen molar-refractivity contribution in [3.8, 4) is 0 Å². The number of hydrogen-bond donors (Lipinski definition) is 1. The Bertz CT molecular complexity index is 1020. The molecule has 2 aliphatic rings. The van der Waals surface area contributed by atoms with E-state index in [1.54, 1.807) is 11.8 Å². The van der Waals surface area contributed by atoms with E-state index in [4.69, 9.17) is 17.0 Å². The lowest BCUT2D eigenvalue weighted by Crippen LogP contribution is -2.60. The number of rotatable bonds is 13. The molecule has 0 aromatic heterocycles. The Morgan fingerprint density at radius 1 is 1.07 bits per heavy atom. The van der Waals surface area contributed by atoms with Gasteiger partial charge in [-0.05, 0) is 43.1 Å². The molecule has 1 heterocycles. The van der Waals surface area contributed by atoms with Crippen LogP contribution in [0.4, 0.5) is 0 Å². The van der Waals surface area contributed by atoms with Crippen molar-refractivity contribution >= 4 is 46.1 Å². The van der Waals surface area contributed by atoms with Gasteiger partial charge < -0.3 is 19.9 Å². The summed E-state index contributed by atoms with van der Waals surface area (Å²) in [6.45, 7) is 9.45. The Labute approximate surface area is 255 Å². The van der Waals surface area contributed by atoms with Crippen molar-refractivity contribution in [2.75, 3.05) is 32.7 Å². The van der Waals surface area contributed by atoms with Gasteiger partial charge in [0, 0.05) is 12.6 Å². The minimum absolute atomic E-state index is 0.110. The molecule has 0 bridgehead atoms. The Morgan fingerprint density at radius 3 is 2.37 bits per heavy atom. The summed E-state index contributed by atoms with van der Waals surface area (Å²) in [6.07, 6.45) is 6.11. The molecule has 1 aliphatic heterocycles. The Kier molecular flexibility index (Phi) is 13.4. The summed E-state index contributed by atoms with van der Waals surface area (Å²) in [7, 11) is 1.34. The largest absolute Gasteiger partial charge is 0.467 e. The van der Waals surface area contributed by atoms with E-state index >= 15 is 0 Å². The van der Waals surface area contributed by atoms with E-state index in [1.165, 1.54) is 18.4 Å². The van der Waals surface area contributed by atoms with Crippen molar-refractivity contribution in [1.82, 2.24) is 20.0 Å². The van der Waals surface area contributed by atoms with E-state index in [1.807, 2.05) is 44.2 Å². The monoisotopic (exact) mass is 604 g/mol. The van der Waals surface area contributed by atoms with Crippen LogP contribution in [0.15, 0.2) is 30.3 Å². The normalized spacial score (nSPS) is 18.3. The zero-order valence-corrected chi connectivity index (χ0v) is 27.0. The number of esters is 1. The number of nitrogens with one attached hydrogen (secondary N) is 1. The van der Waals surface area contributed by atoms with Gasteiger partial charge in [0.25, 0.3) is 0 Å². The van der Waals surface area contributed by atoms with Crippen molar-refractivity contribution in [2.24, 2.45) is 11.8 Å². The lowest BCUT2D eigenvalue weighted by molar-refractivity contribution is -0.157. The average molecular weight is 605 g/mol. The summed E-state index contributed by atoms with van der Waals surface area (Å²) >= 11 is 7.21. The highest BCUT2D eigenvalue weighted by Gasteiger charge is 2.40. The standard InChI is InChI=1S/C31H48N4O4S2/c1-22(2)16-27(30(38)39-5)35(19-28(36)32-25-14-10-7-11-15-25)29(37)26(17-24-12-8-6-9-13-24)34-20-33(18-23(3)4)31(40)41-21-34/h6,8-9,12-13,22-23,25-27H,7,10-11,14-21H2,1-5H3,(H,32,36)/t26-,27-/m0/s1. The molecular formula is C31H48N4O4S2. The van der Waals surface area contributed by atoms with E-state index in [9.17, 15) is 14.4 Å². The van der Waals surface area contributed by atoms with Crippen LogP contribution in [0.1, 0.15) is 71.8 Å².